The summed E-state index contributed by atoms with van der Waals surface area (Å²) in [6, 6.07) is 10.4. The van der Waals surface area contributed by atoms with Crippen molar-refractivity contribution in [1.82, 2.24) is 4.98 Å². The molecular formula is C16H12ClNO4. The Morgan fingerprint density at radius 1 is 1.32 bits per heavy atom. The molecule has 5 nitrogen and oxygen atoms in total. The monoisotopic (exact) mass is 317 g/mol. The van der Waals surface area contributed by atoms with E-state index in [0.29, 0.717) is 22.7 Å². The highest BCUT2D eigenvalue weighted by Crippen LogP contribution is 2.21. The number of aromatic nitrogens is 1. The van der Waals surface area contributed by atoms with Crippen LogP contribution in [0.2, 0.25) is 5.15 Å². The maximum atomic E-state index is 12.0. The number of esters is 2. The van der Waals surface area contributed by atoms with Gasteiger partial charge in [-0.2, -0.15) is 0 Å². The summed E-state index contributed by atoms with van der Waals surface area (Å²) in [5, 5.41) is 0.368. The van der Waals surface area contributed by atoms with Crippen molar-refractivity contribution in [1.29, 1.82) is 0 Å². The highest BCUT2D eigenvalue weighted by atomic mass is 35.5. The van der Waals surface area contributed by atoms with E-state index < -0.39 is 18.0 Å². The fraction of sp³-hybridized carbons (Fsp3) is 0.188. The van der Waals surface area contributed by atoms with Crippen LogP contribution >= 0.6 is 11.6 Å². The maximum Gasteiger partial charge on any atom is 0.348 e. The van der Waals surface area contributed by atoms with Crippen molar-refractivity contribution in [2.24, 2.45) is 0 Å². The van der Waals surface area contributed by atoms with E-state index in [9.17, 15) is 9.59 Å². The number of carbonyl (C=O) groups excluding carboxylic acids is 2. The minimum Gasteiger partial charge on any atom is -0.458 e. The molecule has 3 rings (SSSR count). The Morgan fingerprint density at radius 2 is 2.14 bits per heavy atom. The van der Waals surface area contributed by atoms with E-state index in [2.05, 4.69) is 4.98 Å². The third-order valence-electron chi connectivity index (χ3n) is 3.32. The molecule has 0 aliphatic carbocycles. The molecule has 1 aliphatic rings. The van der Waals surface area contributed by atoms with Gasteiger partial charge in [0, 0.05) is 18.2 Å². The first kappa shape index (κ1) is 14.5. The first-order valence-corrected chi connectivity index (χ1v) is 7.07. The van der Waals surface area contributed by atoms with E-state index in [0.717, 1.165) is 5.56 Å². The lowest BCUT2D eigenvalue weighted by molar-refractivity contribution is -0.155. The summed E-state index contributed by atoms with van der Waals surface area (Å²) >= 11 is 5.68. The zero-order chi connectivity index (χ0) is 15.5. The summed E-state index contributed by atoms with van der Waals surface area (Å²) in [6.45, 7) is 0.0543. The van der Waals surface area contributed by atoms with Gasteiger partial charge in [0.25, 0.3) is 0 Å². The molecule has 2 aromatic rings. The molecule has 0 fully saturated rings. The Bertz CT molecular complexity index is 714. The van der Waals surface area contributed by atoms with Crippen molar-refractivity contribution in [2.45, 2.75) is 19.1 Å². The van der Waals surface area contributed by atoms with Gasteiger partial charge < -0.3 is 9.47 Å². The minimum absolute atomic E-state index is 0.0543. The second-order valence-electron chi connectivity index (χ2n) is 4.85. The largest absolute Gasteiger partial charge is 0.458 e. The van der Waals surface area contributed by atoms with E-state index in [-0.39, 0.29) is 6.61 Å². The van der Waals surface area contributed by atoms with Crippen molar-refractivity contribution in [3.05, 3.63) is 64.4 Å². The van der Waals surface area contributed by atoms with Crippen LogP contribution in [0.1, 0.15) is 21.5 Å². The van der Waals surface area contributed by atoms with E-state index in [1.165, 1.54) is 6.20 Å². The number of benzene rings is 1. The summed E-state index contributed by atoms with van der Waals surface area (Å²) in [5.74, 6) is -1.07. The predicted octanol–water partition coefficient (Wildman–Crippen LogP) is 2.56. The van der Waals surface area contributed by atoms with Gasteiger partial charge in [0.05, 0.1) is 5.56 Å². The lowest BCUT2D eigenvalue weighted by Gasteiger charge is -2.23. The van der Waals surface area contributed by atoms with Crippen LogP contribution in [-0.2, 0) is 27.3 Å². The number of fused-ring (bicyclic) bond motifs is 1. The number of pyridine rings is 1. The second kappa shape index (κ2) is 6.15. The van der Waals surface area contributed by atoms with Crippen molar-refractivity contribution in [3.63, 3.8) is 0 Å². The summed E-state index contributed by atoms with van der Waals surface area (Å²) in [7, 11) is 0. The molecule has 1 aliphatic heterocycles. The van der Waals surface area contributed by atoms with Gasteiger partial charge in [-0.3, -0.25) is 0 Å². The molecule has 0 N–H and O–H groups in total. The van der Waals surface area contributed by atoms with Crippen LogP contribution in [0.25, 0.3) is 0 Å². The van der Waals surface area contributed by atoms with Gasteiger partial charge in [0.2, 0.25) is 6.10 Å². The van der Waals surface area contributed by atoms with Crippen molar-refractivity contribution in [3.8, 4) is 0 Å². The van der Waals surface area contributed by atoms with Gasteiger partial charge in [0.15, 0.2) is 0 Å². The molecule has 0 spiro atoms. The van der Waals surface area contributed by atoms with Gasteiger partial charge >= 0.3 is 11.9 Å². The number of cyclic esters (lactones) is 1. The Hall–Kier alpha value is -2.40. The average molecular weight is 318 g/mol. The summed E-state index contributed by atoms with van der Waals surface area (Å²) in [5.41, 5.74) is 1.99. The summed E-state index contributed by atoms with van der Waals surface area (Å²) in [4.78, 5) is 27.8. The second-order valence-corrected chi connectivity index (χ2v) is 5.24. The zero-order valence-corrected chi connectivity index (χ0v) is 12.2. The number of nitrogens with zero attached hydrogens (tertiary/aromatic N) is 1. The third kappa shape index (κ3) is 3.09. The first-order valence-electron chi connectivity index (χ1n) is 6.69. The molecular weight excluding hydrogens is 306 g/mol. The zero-order valence-electron chi connectivity index (χ0n) is 11.5. The minimum atomic E-state index is -0.914. The van der Waals surface area contributed by atoms with Crippen LogP contribution in [0.3, 0.4) is 0 Å². The molecule has 1 atom stereocenters. The molecule has 1 aromatic heterocycles. The van der Waals surface area contributed by atoms with Gasteiger partial charge in [-0.15, -0.1) is 0 Å². The Morgan fingerprint density at radius 3 is 2.91 bits per heavy atom. The Kier molecular flexibility index (Phi) is 4.06. The fourth-order valence-electron chi connectivity index (χ4n) is 2.20. The summed E-state index contributed by atoms with van der Waals surface area (Å²) < 4.78 is 10.3. The molecule has 0 amide bonds. The molecule has 0 saturated heterocycles. The number of hydrogen-bond acceptors (Lipinski definition) is 5. The van der Waals surface area contributed by atoms with Crippen molar-refractivity contribution < 1.29 is 19.1 Å². The standard InChI is InChI=1S/C16H12ClNO4/c17-14-6-5-10(8-18-14)9-21-16(20)13-7-11-3-1-2-4-12(11)15(19)22-13/h1-6,8,13H,7,9H2. The lowest BCUT2D eigenvalue weighted by Crippen LogP contribution is -2.35. The van der Waals surface area contributed by atoms with Crippen molar-refractivity contribution >= 4 is 23.5 Å². The Balaban J connectivity index is 1.64. The molecule has 0 bridgehead atoms. The third-order valence-corrected chi connectivity index (χ3v) is 3.55. The van der Waals surface area contributed by atoms with Crippen LogP contribution in [0, 0.1) is 0 Å². The number of rotatable bonds is 3. The van der Waals surface area contributed by atoms with E-state index in [4.69, 9.17) is 21.1 Å². The van der Waals surface area contributed by atoms with Crippen molar-refractivity contribution in [2.75, 3.05) is 0 Å². The highest BCUT2D eigenvalue weighted by Gasteiger charge is 2.32. The molecule has 1 aromatic carbocycles. The lowest BCUT2D eigenvalue weighted by atomic mass is 9.99. The molecule has 6 heteroatoms. The average Bonchev–Trinajstić information content (AvgIpc) is 2.54. The SMILES string of the molecule is O=C1OC(C(=O)OCc2ccc(Cl)nc2)Cc2ccccc21. The molecule has 0 saturated carbocycles. The first-order chi connectivity index (χ1) is 10.6. The van der Waals surface area contributed by atoms with Crippen LogP contribution < -0.4 is 0 Å². The molecule has 2 heterocycles. The van der Waals surface area contributed by atoms with Crippen LogP contribution in [0.5, 0.6) is 0 Å². The van der Waals surface area contributed by atoms with Gasteiger partial charge in [0.1, 0.15) is 11.8 Å². The van der Waals surface area contributed by atoms with E-state index in [1.54, 1.807) is 30.3 Å². The summed E-state index contributed by atoms with van der Waals surface area (Å²) in [6.07, 6.45) is 0.930. The van der Waals surface area contributed by atoms with Gasteiger partial charge in [-0.05, 0) is 17.7 Å². The molecule has 22 heavy (non-hydrogen) atoms. The Labute approximate surface area is 131 Å². The van der Waals surface area contributed by atoms with Crippen LogP contribution in [-0.4, -0.2) is 23.0 Å². The number of halogens is 1. The predicted molar refractivity (Wildman–Crippen MR) is 78.4 cm³/mol. The van der Waals surface area contributed by atoms with Crippen LogP contribution in [0.15, 0.2) is 42.6 Å². The quantitative estimate of drug-likeness (QED) is 0.643. The normalized spacial score (nSPS) is 16.6. The van der Waals surface area contributed by atoms with Gasteiger partial charge in [-0.1, -0.05) is 35.9 Å². The van der Waals surface area contributed by atoms with Gasteiger partial charge in [-0.25, -0.2) is 14.6 Å². The molecule has 112 valence electrons. The molecule has 1 unspecified atom stereocenters. The fourth-order valence-corrected chi connectivity index (χ4v) is 2.31. The molecule has 0 radical (unpaired) electrons. The highest BCUT2D eigenvalue weighted by molar-refractivity contribution is 6.29. The number of hydrogen-bond donors (Lipinski definition) is 0. The number of carbonyl (C=O) groups is 2. The maximum absolute atomic E-state index is 12.0. The van der Waals surface area contributed by atoms with E-state index >= 15 is 0 Å². The van der Waals surface area contributed by atoms with Crippen LogP contribution in [0.4, 0.5) is 0 Å². The van der Waals surface area contributed by atoms with E-state index in [1.807, 2.05) is 6.07 Å². The number of ether oxygens (including phenoxy) is 2. The smallest absolute Gasteiger partial charge is 0.348 e. The topological polar surface area (TPSA) is 65.5 Å².